The van der Waals surface area contributed by atoms with Gasteiger partial charge in [-0.05, 0) is 24.0 Å². The van der Waals surface area contributed by atoms with Crippen LogP contribution in [-0.2, 0) is 0 Å². The van der Waals surface area contributed by atoms with Crippen LogP contribution in [0.15, 0.2) is 18.2 Å². The van der Waals surface area contributed by atoms with E-state index in [0.717, 1.165) is 37.3 Å². The zero-order chi connectivity index (χ0) is 17.7. The highest BCUT2D eigenvalue weighted by molar-refractivity contribution is 5.85. The highest BCUT2D eigenvalue weighted by Crippen LogP contribution is 2.37. The number of ether oxygens (including phenoxy) is 1. The summed E-state index contributed by atoms with van der Waals surface area (Å²) in [5, 5.41) is 3.26. The van der Waals surface area contributed by atoms with E-state index in [0.29, 0.717) is 11.7 Å². The molecule has 144 valence electrons. The van der Waals surface area contributed by atoms with Crippen LogP contribution in [0.3, 0.4) is 0 Å². The standard InChI is InChI=1S/C18H27F3N2O.ClH/c1-13(2)14-4-5-17(24-3)15(12-14)16(6-7-18(19,20)21)23-10-8-22-9-11-23;/h4-5,12-13,16,22H,6-11H2,1-3H3;1H/t16-;/m1./s1. The van der Waals surface area contributed by atoms with Crippen molar-refractivity contribution in [3.63, 3.8) is 0 Å². The number of hydrogen-bond acceptors (Lipinski definition) is 3. The van der Waals surface area contributed by atoms with E-state index in [2.05, 4.69) is 24.1 Å². The molecule has 1 atom stereocenters. The third-order valence-corrected chi connectivity index (χ3v) is 4.57. The average Bonchev–Trinajstić information content (AvgIpc) is 2.54. The summed E-state index contributed by atoms with van der Waals surface area (Å²) in [5.74, 6) is 0.992. The number of nitrogens with zero attached hydrogens (tertiary/aromatic N) is 1. The van der Waals surface area contributed by atoms with Crippen molar-refractivity contribution >= 4 is 12.4 Å². The van der Waals surface area contributed by atoms with Crippen molar-refractivity contribution in [3.05, 3.63) is 29.3 Å². The number of methoxy groups -OCH3 is 1. The van der Waals surface area contributed by atoms with Crippen molar-refractivity contribution in [2.75, 3.05) is 33.3 Å². The van der Waals surface area contributed by atoms with Gasteiger partial charge in [-0.3, -0.25) is 4.90 Å². The highest BCUT2D eigenvalue weighted by atomic mass is 35.5. The van der Waals surface area contributed by atoms with E-state index in [1.54, 1.807) is 7.11 Å². The second-order valence-corrected chi connectivity index (χ2v) is 6.61. The summed E-state index contributed by atoms with van der Waals surface area (Å²) in [6.07, 6.45) is -4.87. The molecule has 2 rings (SSSR count). The summed E-state index contributed by atoms with van der Waals surface area (Å²) in [6.45, 7) is 7.26. The molecule has 1 aliphatic heterocycles. The Morgan fingerprint density at radius 3 is 2.36 bits per heavy atom. The fourth-order valence-corrected chi connectivity index (χ4v) is 3.20. The lowest BCUT2D eigenvalue weighted by Crippen LogP contribution is -2.45. The van der Waals surface area contributed by atoms with Gasteiger partial charge >= 0.3 is 6.18 Å². The lowest BCUT2D eigenvalue weighted by atomic mass is 9.93. The Labute approximate surface area is 154 Å². The first-order valence-electron chi connectivity index (χ1n) is 8.51. The van der Waals surface area contributed by atoms with Crippen molar-refractivity contribution in [2.45, 2.75) is 44.8 Å². The molecule has 1 N–H and O–H groups in total. The fraction of sp³-hybridized carbons (Fsp3) is 0.667. The quantitative estimate of drug-likeness (QED) is 0.784. The molecule has 1 saturated heterocycles. The van der Waals surface area contributed by atoms with Crippen LogP contribution in [-0.4, -0.2) is 44.4 Å². The molecule has 1 heterocycles. The molecule has 1 aliphatic rings. The number of benzene rings is 1. The Morgan fingerprint density at radius 1 is 1.20 bits per heavy atom. The van der Waals surface area contributed by atoms with E-state index < -0.39 is 12.6 Å². The van der Waals surface area contributed by atoms with Gasteiger partial charge in [-0.2, -0.15) is 13.2 Å². The van der Waals surface area contributed by atoms with Crippen molar-refractivity contribution < 1.29 is 17.9 Å². The van der Waals surface area contributed by atoms with Crippen LogP contribution in [0.5, 0.6) is 5.75 Å². The predicted molar refractivity (Wildman–Crippen MR) is 96.8 cm³/mol. The number of halogens is 4. The first kappa shape index (κ1) is 22.1. The summed E-state index contributed by atoms with van der Waals surface area (Å²) in [7, 11) is 1.58. The molecule has 0 unspecified atom stereocenters. The lowest BCUT2D eigenvalue weighted by molar-refractivity contribution is -0.138. The van der Waals surface area contributed by atoms with Crippen molar-refractivity contribution in [1.29, 1.82) is 0 Å². The summed E-state index contributed by atoms with van der Waals surface area (Å²) in [4.78, 5) is 2.14. The molecule has 0 amide bonds. The maximum Gasteiger partial charge on any atom is 0.389 e. The number of nitrogens with one attached hydrogen (secondary N) is 1. The van der Waals surface area contributed by atoms with Gasteiger partial charge in [-0.1, -0.05) is 26.0 Å². The normalized spacial score (nSPS) is 17.2. The minimum Gasteiger partial charge on any atom is -0.496 e. The maximum absolute atomic E-state index is 12.8. The van der Waals surface area contributed by atoms with Gasteiger partial charge in [0.05, 0.1) is 7.11 Å². The topological polar surface area (TPSA) is 24.5 Å². The Kier molecular flexibility index (Phi) is 8.51. The van der Waals surface area contributed by atoms with Crippen LogP contribution in [0.1, 0.15) is 49.8 Å². The molecule has 1 aromatic rings. The third kappa shape index (κ3) is 6.35. The highest BCUT2D eigenvalue weighted by Gasteiger charge is 2.32. The van der Waals surface area contributed by atoms with Crippen LogP contribution in [0.2, 0.25) is 0 Å². The third-order valence-electron chi connectivity index (χ3n) is 4.57. The first-order chi connectivity index (χ1) is 11.3. The van der Waals surface area contributed by atoms with Crippen LogP contribution in [0.25, 0.3) is 0 Å². The molecule has 3 nitrogen and oxygen atoms in total. The maximum atomic E-state index is 12.8. The number of alkyl halides is 3. The molecule has 1 aromatic carbocycles. The minimum absolute atomic E-state index is 0. The second-order valence-electron chi connectivity index (χ2n) is 6.61. The fourth-order valence-electron chi connectivity index (χ4n) is 3.20. The molecule has 0 aliphatic carbocycles. The Bertz CT molecular complexity index is 532. The molecular weight excluding hydrogens is 353 g/mol. The predicted octanol–water partition coefficient (Wildman–Crippen LogP) is 4.53. The van der Waals surface area contributed by atoms with E-state index in [4.69, 9.17) is 4.74 Å². The molecule has 7 heteroatoms. The number of rotatable bonds is 6. The van der Waals surface area contributed by atoms with E-state index in [-0.39, 0.29) is 24.9 Å². The van der Waals surface area contributed by atoms with Gasteiger partial charge in [-0.25, -0.2) is 0 Å². The first-order valence-corrected chi connectivity index (χ1v) is 8.51. The van der Waals surface area contributed by atoms with Gasteiger partial charge in [0.25, 0.3) is 0 Å². The van der Waals surface area contributed by atoms with Crippen LogP contribution >= 0.6 is 12.4 Å². The van der Waals surface area contributed by atoms with Gasteiger partial charge in [0.2, 0.25) is 0 Å². The molecule has 0 spiro atoms. The van der Waals surface area contributed by atoms with Gasteiger partial charge in [0.1, 0.15) is 5.75 Å². The van der Waals surface area contributed by atoms with E-state index in [9.17, 15) is 13.2 Å². The van der Waals surface area contributed by atoms with Gasteiger partial charge < -0.3 is 10.1 Å². The van der Waals surface area contributed by atoms with Crippen molar-refractivity contribution in [2.24, 2.45) is 0 Å². The summed E-state index contributed by atoms with van der Waals surface area (Å²) in [6, 6.07) is 5.62. The Balaban J connectivity index is 0.00000312. The van der Waals surface area contributed by atoms with Gasteiger partial charge in [0.15, 0.2) is 0 Å². The van der Waals surface area contributed by atoms with E-state index >= 15 is 0 Å². The molecule has 0 bridgehead atoms. The molecule has 1 fully saturated rings. The zero-order valence-electron chi connectivity index (χ0n) is 15.0. The molecule has 0 radical (unpaired) electrons. The summed E-state index contributed by atoms with van der Waals surface area (Å²) < 4.78 is 43.9. The number of hydrogen-bond donors (Lipinski definition) is 1. The van der Waals surface area contributed by atoms with Gasteiger partial charge in [-0.15, -0.1) is 12.4 Å². The van der Waals surface area contributed by atoms with Crippen LogP contribution in [0.4, 0.5) is 13.2 Å². The van der Waals surface area contributed by atoms with Crippen LogP contribution < -0.4 is 10.1 Å². The second kappa shape index (κ2) is 9.64. The minimum atomic E-state index is -4.14. The molecular formula is C18H28ClF3N2O. The van der Waals surface area contributed by atoms with E-state index in [1.807, 2.05) is 18.2 Å². The van der Waals surface area contributed by atoms with Crippen molar-refractivity contribution in [1.82, 2.24) is 10.2 Å². The summed E-state index contributed by atoms with van der Waals surface area (Å²) in [5.41, 5.74) is 1.99. The average molecular weight is 381 g/mol. The zero-order valence-corrected chi connectivity index (χ0v) is 15.8. The Morgan fingerprint density at radius 2 is 1.84 bits per heavy atom. The monoisotopic (exact) mass is 380 g/mol. The largest absolute Gasteiger partial charge is 0.496 e. The van der Waals surface area contributed by atoms with Crippen LogP contribution in [0, 0.1) is 0 Å². The molecule has 0 saturated carbocycles. The Hall–Kier alpha value is -0.980. The lowest BCUT2D eigenvalue weighted by Gasteiger charge is -2.36. The number of piperazine rings is 1. The van der Waals surface area contributed by atoms with E-state index in [1.165, 1.54) is 0 Å². The van der Waals surface area contributed by atoms with Gasteiger partial charge in [0, 0.05) is 44.2 Å². The smallest absolute Gasteiger partial charge is 0.389 e. The van der Waals surface area contributed by atoms with Crippen molar-refractivity contribution in [3.8, 4) is 5.75 Å². The molecule has 25 heavy (non-hydrogen) atoms. The summed E-state index contributed by atoms with van der Waals surface area (Å²) >= 11 is 0. The SMILES string of the molecule is COc1ccc(C(C)C)cc1[C@@H](CCC(F)(F)F)N1CCNCC1.Cl. The molecule has 0 aromatic heterocycles.